The molecular formula is C14H12N2O5. The number of nitro groups is 1. The number of para-hydroxylation sites is 1. The molecule has 0 aromatic heterocycles. The minimum Gasteiger partial charge on any atom is -0.508 e. The van der Waals surface area contributed by atoms with Gasteiger partial charge >= 0.3 is 5.69 Å². The van der Waals surface area contributed by atoms with Gasteiger partial charge in [0, 0.05) is 11.8 Å². The standard InChI is InChI=1S/C14H12N2O5/c1-21-13-11(3-2-4-12(13)16(19)20)14(18)15-9-5-7-10(17)8-6-9/h2-8,17H,1H3,(H,15,18). The Morgan fingerprint density at radius 2 is 1.90 bits per heavy atom. The van der Waals surface area contributed by atoms with Crippen LogP contribution < -0.4 is 10.1 Å². The average Bonchev–Trinajstić information content (AvgIpc) is 2.48. The van der Waals surface area contributed by atoms with Gasteiger partial charge in [0.25, 0.3) is 5.91 Å². The number of amides is 1. The Bertz CT molecular complexity index is 682. The lowest BCUT2D eigenvalue weighted by Gasteiger charge is -2.09. The predicted molar refractivity (Wildman–Crippen MR) is 75.7 cm³/mol. The van der Waals surface area contributed by atoms with Crippen molar-refractivity contribution >= 4 is 17.3 Å². The Morgan fingerprint density at radius 3 is 2.48 bits per heavy atom. The van der Waals surface area contributed by atoms with Crippen molar-refractivity contribution in [2.24, 2.45) is 0 Å². The fourth-order valence-corrected chi connectivity index (χ4v) is 1.81. The highest BCUT2D eigenvalue weighted by Crippen LogP contribution is 2.31. The maximum absolute atomic E-state index is 12.2. The summed E-state index contributed by atoms with van der Waals surface area (Å²) in [6.45, 7) is 0. The van der Waals surface area contributed by atoms with E-state index < -0.39 is 10.8 Å². The van der Waals surface area contributed by atoms with Crippen molar-refractivity contribution in [3.63, 3.8) is 0 Å². The summed E-state index contributed by atoms with van der Waals surface area (Å²) in [5.41, 5.74) is 0.224. The number of phenols is 1. The molecule has 0 heterocycles. The lowest BCUT2D eigenvalue weighted by atomic mass is 10.1. The Kier molecular flexibility index (Phi) is 4.03. The summed E-state index contributed by atoms with van der Waals surface area (Å²) in [4.78, 5) is 22.5. The highest BCUT2D eigenvalue weighted by Gasteiger charge is 2.22. The Morgan fingerprint density at radius 1 is 1.24 bits per heavy atom. The van der Waals surface area contributed by atoms with Gasteiger partial charge in [-0.25, -0.2) is 0 Å². The van der Waals surface area contributed by atoms with Crippen molar-refractivity contribution in [2.45, 2.75) is 0 Å². The van der Waals surface area contributed by atoms with E-state index in [0.29, 0.717) is 5.69 Å². The fraction of sp³-hybridized carbons (Fsp3) is 0.0714. The number of hydrogen-bond donors (Lipinski definition) is 2. The van der Waals surface area contributed by atoms with Crippen LogP contribution in [0.1, 0.15) is 10.4 Å². The minimum absolute atomic E-state index is 0.0553. The van der Waals surface area contributed by atoms with E-state index in [-0.39, 0.29) is 22.7 Å². The van der Waals surface area contributed by atoms with Gasteiger partial charge in [-0.3, -0.25) is 14.9 Å². The van der Waals surface area contributed by atoms with Crippen molar-refractivity contribution in [1.29, 1.82) is 0 Å². The first-order valence-electron chi connectivity index (χ1n) is 5.94. The van der Waals surface area contributed by atoms with Crippen LogP contribution in [-0.4, -0.2) is 23.0 Å². The summed E-state index contributed by atoms with van der Waals surface area (Å²) in [6, 6.07) is 9.96. The number of nitro benzene ring substituents is 1. The van der Waals surface area contributed by atoms with Gasteiger partial charge in [0.1, 0.15) is 5.75 Å². The molecule has 0 atom stereocenters. The SMILES string of the molecule is COc1c(C(=O)Nc2ccc(O)cc2)cccc1[N+](=O)[O-]. The van der Waals surface area contributed by atoms with Gasteiger partial charge in [-0.15, -0.1) is 0 Å². The quantitative estimate of drug-likeness (QED) is 0.511. The van der Waals surface area contributed by atoms with Crippen LogP contribution in [0, 0.1) is 10.1 Å². The molecule has 0 aliphatic rings. The van der Waals surface area contributed by atoms with E-state index in [1.54, 1.807) is 0 Å². The highest BCUT2D eigenvalue weighted by atomic mass is 16.6. The van der Waals surface area contributed by atoms with Gasteiger partial charge in [-0.1, -0.05) is 6.07 Å². The molecule has 0 bridgehead atoms. The van der Waals surface area contributed by atoms with E-state index in [4.69, 9.17) is 4.74 Å². The summed E-state index contributed by atoms with van der Waals surface area (Å²) in [5, 5.41) is 22.7. The zero-order valence-electron chi connectivity index (χ0n) is 11.1. The first kappa shape index (κ1) is 14.3. The number of nitrogens with zero attached hydrogens (tertiary/aromatic N) is 1. The number of benzene rings is 2. The zero-order chi connectivity index (χ0) is 15.4. The van der Waals surface area contributed by atoms with Crippen LogP contribution in [0.15, 0.2) is 42.5 Å². The third-order valence-corrected chi connectivity index (χ3v) is 2.76. The molecule has 0 aliphatic heterocycles. The molecule has 7 heteroatoms. The van der Waals surface area contributed by atoms with Crippen LogP contribution in [0.4, 0.5) is 11.4 Å². The minimum atomic E-state index is -0.615. The summed E-state index contributed by atoms with van der Waals surface area (Å²) in [7, 11) is 1.26. The van der Waals surface area contributed by atoms with Gasteiger partial charge in [-0.2, -0.15) is 0 Å². The van der Waals surface area contributed by atoms with Crippen LogP contribution in [0.25, 0.3) is 0 Å². The van der Waals surface area contributed by atoms with Crippen molar-refractivity contribution < 1.29 is 19.6 Å². The molecule has 0 radical (unpaired) electrons. The number of phenolic OH excluding ortho intramolecular Hbond substituents is 1. The van der Waals surface area contributed by atoms with Crippen LogP contribution in [0.2, 0.25) is 0 Å². The van der Waals surface area contributed by atoms with Crippen molar-refractivity contribution in [3.8, 4) is 11.5 Å². The number of aromatic hydroxyl groups is 1. The number of rotatable bonds is 4. The van der Waals surface area contributed by atoms with Crippen LogP contribution in [0.5, 0.6) is 11.5 Å². The van der Waals surface area contributed by atoms with E-state index in [1.165, 1.54) is 49.6 Å². The molecule has 2 N–H and O–H groups in total. The number of hydrogen-bond acceptors (Lipinski definition) is 5. The van der Waals surface area contributed by atoms with Gasteiger partial charge in [-0.05, 0) is 30.3 Å². The molecule has 2 aromatic carbocycles. The first-order chi connectivity index (χ1) is 10.0. The second kappa shape index (κ2) is 5.91. The third kappa shape index (κ3) is 3.08. The molecule has 21 heavy (non-hydrogen) atoms. The van der Waals surface area contributed by atoms with Crippen molar-refractivity contribution in [2.75, 3.05) is 12.4 Å². The van der Waals surface area contributed by atoms with Crippen molar-refractivity contribution in [1.82, 2.24) is 0 Å². The number of nitrogens with one attached hydrogen (secondary N) is 1. The van der Waals surface area contributed by atoms with E-state index in [2.05, 4.69) is 5.32 Å². The number of carbonyl (C=O) groups excluding carboxylic acids is 1. The number of anilines is 1. The van der Waals surface area contributed by atoms with Crippen LogP contribution in [-0.2, 0) is 0 Å². The van der Waals surface area contributed by atoms with Crippen LogP contribution in [0.3, 0.4) is 0 Å². The monoisotopic (exact) mass is 288 g/mol. The van der Waals surface area contributed by atoms with Crippen molar-refractivity contribution in [3.05, 3.63) is 58.1 Å². The van der Waals surface area contributed by atoms with Gasteiger partial charge in [0.15, 0.2) is 0 Å². The normalized spacial score (nSPS) is 9.95. The molecule has 0 spiro atoms. The predicted octanol–water partition coefficient (Wildman–Crippen LogP) is 2.56. The number of ether oxygens (including phenoxy) is 1. The maximum atomic E-state index is 12.2. The molecule has 1 amide bonds. The zero-order valence-corrected chi connectivity index (χ0v) is 11.1. The largest absolute Gasteiger partial charge is 0.508 e. The van der Waals surface area contributed by atoms with E-state index >= 15 is 0 Å². The Balaban J connectivity index is 2.33. The van der Waals surface area contributed by atoms with Crippen LogP contribution >= 0.6 is 0 Å². The molecule has 7 nitrogen and oxygen atoms in total. The topological polar surface area (TPSA) is 102 Å². The molecule has 0 aliphatic carbocycles. The number of carbonyl (C=O) groups is 1. The molecule has 0 unspecified atom stereocenters. The molecule has 2 rings (SSSR count). The molecule has 0 fully saturated rings. The van der Waals surface area contributed by atoms with Gasteiger partial charge < -0.3 is 15.2 Å². The summed E-state index contributed by atoms with van der Waals surface area (Å²) in [6.07, 6.45) is 0. The third-order valence-electron chi connectivity index (χ3n) is 2.76. The molecule has 0 saturated heterocycles. The molecular weight excluding hydrogens is 276 g/mol. The molecule has 108 valence electrons. The highest BCUT2D eigenvalue weighted by molar-refractivity contribution is 6.07. The smallest absolute Gasteiger partial charge is 0.311 e. The Hall–Kier alpha value is -3.09. The lowest BCUT2D eigenvalue weighted by molar-refractivity contribution is -0.385. The molecule has 2 aromatic rings. The average molecular weight is 288 g/mol. The lowest BCUT2D eigenvalue weighted by Crippen LogP contribution is -2.13. The summed E-state index contributed by atoms with van der Waals surface area (Å²) < 4.78 is 4.97. The fourth-order valence-electron chi connectivity index (χ4n) is 1.81. The number of methoxy groups -OCH3 is 1. The van der Waals surface area contributed by atoms with E-state index in [0.717, 1.165) is 0 Å². The first-order valence-corrected chi connectivity index (χ1v) is 5.94. The molecule has 0 saturated carbocycles. The summed E-state index contributed by atoms with van der Waals surface area (Å²) in [5.74, 6) is -0.569. The van der Waals surface area contributed by atoms with Gasteiger partial charge in [0.05, 0.1) is 17.6 Å². The van der Waals surface area contributed by atoms with E-state index in [9.17, 15) is 20.0 Å². The maximum Gasteiger partial charge on any atom is 0.311 e. The second-order valence-corrected chi connectivity index (χ2v) is 4.12. The van der Waals surface area contributed by atoms with E-state index in [1.807, 2.05) is 0 Å². The summed E-state index contributed by atoms with van der Waals surface area (Å²) >= 11 is 0. The second-order valence-electron chi connectivity index (χ2n) is 4.12. The van der Waals surface area contributed by atoms with Gasteiger partial charge in [0.2, 0.25) is 5.75 Å². The Labute approximate surface area is 119 Å².